The Kier molecular flexibility index (Phi) is 5.12. The van der Waals surface area contributed by atoms with Crippen LogP contribution in [-0.2, 0) is 0 Å². The maximum atomic E-state index is 5.52. The second-order valence-corrected chi connectivity index (χ2v) is 5.03. The number of ether oxygens (including phenoxy) is 1. The van der Waals surface area contributed by atoms with Gasteiger partial charge < -0.3 is 15.4 Å². The molecule has 0 bridgehead atoms. The van der Waals surface area contributed by atoms with Crippen LogP contribution in [0.5, 0.6) is 6.01 Å². The Hall–Kier alpha value is -1.59. The number of hydrogen-bond donors (Lipinski definition) is 2. The molecule has 102 valence electrons. The van der Waals surface area contributed by atoms with E-state index in [9.17, 15) is 0 Å². The van der Waals surface area contributed by atoms with Gasteiger partial charge in [0.15, 0.2) is 0 Å². The molecule has 0 saturated heterocycles. The van der Waals surface area contributed by atoms with Crippen molar-refractivity contribution in [3.05, 3.63) is 0 Å². The van der Waals surface area contributed by atoms with E-state index in [1.807, 2.05) is 41.5 Å². The lowest BCUT2D eigenvalue weighted by Crippen LogP contribution is -2.19. The smallest absolute Gasteiger partial charge is 0.323 e. The van der Waals surface area contributed by atoms with E-state index in [0.29, 0.717) is 17.9 Å². The van der Waals surface area contributed by atoms with Crippen molar-refractivity contribution in [3.8, 4) is 6.01 Å². The van der Waals surface area contributed by atoms with E-state index in [1.54, 1.807) is 0 Å². The van der Waals surface area contributed by atoms with Crippen LogP contribution in [0.25, 0.3) is 0 Å². The molecule has 0 saturated carbocycles. The van der Waals surface area contributed by atoms with Crippen molar-refractivity contribution in [3.63, 3.8) is 0 Å². The van der Waals surface area contributed by atoms with Gasteiger partial charge in [-0.05, 0) is 41.5 Å². The third kappa shape index (κ3) is 5.16. The number of hydrogen-bond acceptors (Lipinski definition) is 6. The first-order chi connectivity index (χ1) is 8.36. The highest BCUT2D eigenvalue weighted by Gasteiger charge is 2.10. The third-order valence-corrected chi connectivity index (χ3v) is 1.79. The van der Waals surface area contributed by atoms with Crippen LogP contribution in [-0.4, -0.2) is 33.1 Å². The van der Waals surface area contributed by atoms with Gasteiger partial charge in [-0.3, -0.25) is 0 Å². The second kappa shape index (κ2) is 6.37. The van der Waals surface area contributed by atoms with Gasteiger partial charge >= 0.3 is 6.01 Å². The average Bonchev–Trinajstić information content (AvgIpc) is 2.12. The summed E-state index contributed by atoms with van der Waals surface area (Å²) in [5.74, 6) is 1.05. The first-order valence-corrected chi connectivity index (χ1v) is 6.32. The number of aromatic nitrogens is 3. The first-order valence-electron chi connectivity index (χ1n) is 6.32. The van der Waals surface area contributed by atoms with E-state index in [1.165, 1.54) is 0 Å². The van der Waals surface area contributed by atoms with Crippen LogP contribution in [0.3, 0.4) is 0 Å². The Labute approximate surface area is 109 Å². The van der Waals surface area contributed by atoms with Gasteiger partial charge in [0.05, 0.1) is 6.10 Å². The van der Waals surface area contributed by atoms with Crippen molar-refractivity contribution in [1.82, 2.24) is 15.0 Å². The van der Waals surface area contributed by atoms with Crippen molar-refractivity contribution in [2.75, 3.05) is 10.6 Å². The second-order valence-electron chi connectivity index (χ2n) is 5.03. The molecule has 1 aromatic heterocycles. The molecular formula is C12H23N5O. The van der Waals surface area contributed by atoms with Crippen molar-refractivity contribution in [2.24, 2.45) is 0 Å². The molecule has 1 heterocycles. The van der Waals surface area contributed by atoms with Crippen LogP contribution in [0.2, 0.25) is 0 Å². The summed E-state index contributed by atoms with van der Waals surface area (Å²) in [5, 5.41) is 6.30. The lowest BCUT2D eigenvalue weighted by molar-refractivity contribution is 0.222. The predicted octanol–water partition coefficient (Wildman–Crippen LogP) is 2.30. The van der Waals surface area contributed by atoms with E-state index in [2.05, 4.69) is 25.6 Å². The molecule has 0 aliphatic heterocycles. The number of nitrogens with one attached hydrogen (secondary N) is 2. The highest BCUT2D eigenvalue weighted by molar-refractivity contribution is 5.36. The first kappa shape index (κ1) is 14.5. The molecule has 6 nitrogen and oxygen atoms in total. The molecule has 6 heteroatoms. The minimum Gasteiger partial charge on any atom is -0.461 e. The summed E-state index contributed by atoms with van der Waals surface area (Å²) in [6.07, 6.45) is 0.0335. The van der Waals surface area contributed by atoms with E-state index in [0.717, 1.165) is 0 Å². The summed E-state index contributed by atoms with van der Waals surface area (Å²) in [6, 6.07) is 0.851. The molecule has 0 aliphatic carbocycles. The van der Waals surface area contributed by atoms with Crippen molar-refractivity contribution in [2.45, 2.75) is 59.7 Å². The molecular weight excluding hydrogens is 230 g/mol. The molecule has 18 heavy (non-hydrogen) atoms. The highest BCUT2D eigenvalue weighted by atomic mass is 16.5. The SMILES string of the molecule is CC(C)Nc1nc(NC(C)C)nc(OC(C)C)n1. The maximum Gasteiger partial charge on any atom is 0.323 e. The summed E-state index contributed by atoms with van der Waals surface area (Å²) >= 11 is 0. The zero-order valence-corrected chi connectivity index (χ0v) is 12.0. The average molecular weight is 253 g/mol. The van der Waals surface area contributed by atoms with Crippen LogP contribution in [0.1, 0.15) is 41.5 Å². The van der Waals surface area contributed by atoms with E-state index >= 15 is 0 Å². The normalized spacial score (nSPS) is 11.2. The van der Waals surface area contributed by atoms with Gasteiger partial charge in [-0.2, -0.15) is 15.0 Å². The van der Waals surface area contributed by atoms with Crippen LogP contribution in [0.15, 0.2) is 0 Å². The Bertz CT molecular complexity index is 309. The van der Waals surface area contributed by atoms with Gasteiger partial charge in [0.25, 0.3) is 0 Å². The zero-order valence-electron chi connectivity index (χ0n) is 12.0. The van der Waals surface area contributed by atoms with Gasteiger partial charge in [0.2, 0.25) is 11.9 Å². The Morgan fingerprint density at radius 1 is 0.778 bits per heavy atom. The van der Waals surface area contributed by atoms with Crippen LogP contribution < -0.4 is 15.4 Å². The Balaban J connectivity index is 2.95. The quantitative estimate of drug-likeness (QED) is 0.810. The molecule has 0 amide bonds. The minimum absolute atomic E-state index is 0.0335. The fourth-order valence-corrected chi connectivity index (χ4v) is 1.27. The number of anilines is 2. The summed E-state index contributed by atoms with van der Waals surface area (Å²) in [4.78, 5) is 12.7. The molecule has 0 aromatic carbocycles. The molecule has 0 atom stereocenters. The fraction of sp³-hybridized carbons (Fsp3) is 0.750. The summed E-state index contributed by atoms with van der Waals surface area (Å²) in [7, 11) is 0. The van der Waals surface area contributed by atoms with Crippen LogP contribution in [0, 0.1) is 0 Å². The van der Waals surface area contributed by atoms with Crippen molar-refractivity contribution >= 4 is 11.9 Å². The maximum absolute atomic E-state index is 5.52. The monoisotopic (exact) mass is 253 g/mol. The standard InChI is InChI=1S/C12H23N5O/c1-7(2)13-10-15-11(14-8(3)4)17-12(16-10)18-9(5)6/h7-9H,1-6H3,(H2,13,14,15,16,17). The van der Waals surface area contributed by atoms with Gasteiger partial charge in [-0.25, -0.2) is 0 Å². The van der Waals surface area contributed by atoms with Crippen LogP contribution in [0.4, 0.5) is 11.9 Å². The topological polar surface area (TPSA) is 72.0 Å². The molecule has 0 spiro atoms. The molecule has 2 N–H and O–H groups in total. The van der Waals surface area contributed by atoms with E-state index in [4.69, 9.17) is 4.74 Å². The molecule has 1 aromatic rings. The molecule has 0 unspecified atom stereocenters. The molecule has 0 fully saturated rings. The molecule has 1 rings (SSSR count). The lowest BCUT2D eigenvalue weighted by Gasteiger charge is -2.14. The van der Waals surface area contributed by atoms with Crippen molar-refractivity contribution < 1.29 is 4.74 Å². The summed E-state index contributed by atoms with van der Waals surface area (Å²) in [6.45, 7) is 12.0. The number of nitrogens with zero attached hydrogens (tertiary/aromatic N) is 3. The Morgan fingerprint density at radius 2 is 1.22 bits per heavy atom. The third-order valence-electron chi connectivity index (χ3n) is 1.79. The van der Waals surface area contributed by atoms with E-state index in [-0.39, 0.29) is 18.2 Å². The molecule has 0 radical (unpaired) electrons. The van der Waals surface area contributed by atoms with Gasteiger partial charge in [-0.15, -0.1) is 0 Å². The van der Waals surface area contributed by atoms with Gasteiger partial charge in [0.1, 0.15) is 0 Å². The fourth-order valence-electron chi connectivity index (χ4n) is 1.27. The molecule has 0 aliphatic rings. The minimum atomic E-state index is 0.0335. The highest BCUT2D eigenvalue weighted by Crippen LogP contribution is 2.13. The Morgan fingerprint density at radius 3 is 1.56 bits per heavy atom. The zero-order chi connectivity index (χ0) is 13.7. The number of rotatable bonds is 6. The van der Waals surface area contributed by atoms with Gasteiger partial charge in [0, 0.05) is 12.1 Å². The van der Waals surface area contributed by atoms with Gasteiger partial charge in [-0.1, -0.05) is 0 Å². The predicted molar refractivity (Wildman–Crippen MR) is 73.1 cm³/mol. The lowest BCUT2D eigenvalue weighted by atomic mass is 10.4. The van der Waals surface area contributed by atoms with Crippen LogP contribution >= 0.6 is 0 Å². The van der Waals surface area contributed by atoms with E-state index < -0.39 is 0 Å². The largest absolute Gasteiger partial charge is 0.461 e. The summed E-state index contributed by atoms with van der Waals surface area (Å²) < 4.78 is 5.52. The van der Waals surface area contributed by atoms with Crippen molar-refractivity contribution in [1.29, 1.82) is 0 Å². The summed E-state index contributed by atoms with van der Waals surface area (Å²) in [5.41, 5.74) is 0.